The zero-order valence-electron chi connectivity index (χ0n) is 17.0. The minimum Gasteiger partial charge on any atom is -0.375 e. The Kier molecular flexibility index (Phi) is 6.44. The van der Waals surface area contributed by atoms with Crippen LogP contribution in [-0.2, 0) is 0 Å². The van der Waals surface area contributed by atoms with Crippen molar-refractivity contribution in [2.24, 2.45) is 0 Å². The molecule has 0 saturated heterocycles. The van der Waals surface area contributed by atoms with Crippen LogP contribution in [0.25, 0.3) is 11.4 Å². The lowest BCUT2D eigenvalue weighted by molar-refractivity contribution is 0.102. The molecule has 0 spiro atoms. The lowest BCUT2D eigenvalue weighted by Gasteiger charge is -2.19. The third kappa shape index (κ3) is 5.31. The molecule has 3 rings (SSSR count). The SMILES string of the molecule is CCCCN(C)c1ccc(C(=O)Nc2cccc(-c3nc(C)cc(=O)[nH]3)c2)cc1. The van der Waals surface area contributed by atoms with Gasteiger partial charge in [0.2, 0.25) is 0 Å². The van der Waals surface area contributed by atoms with Crippen molar-refractivity contribution in [3.8, 4) is 11.4 Å². The number of carbonyl (C=O) groups excluding carboxylic acids is 1. The highest BCUT2D eigenvalue weighted by molar-refractivity contribution is 6.04. The van der Waals surface area contributed by atoms with E-state index >= 15 is 0 Å². The van der Waals surface area contributed by atoms with Gasteiger partial charge in [-0.2, -0.15) is 0 Å². The number of nitrogens with one attached hydrogen (secondary N) is 2. The highest BCUT2D eigenvalue weighted by Crippen LogP contribution is 2.20. The summed E-state index contributed by atoms with van der Waals surface area (Å²) < 4.78 is 0. The minimum absolute atomic E-state index is 0.185. The number of aromatic amines is 1. The zero-order valence-corrected chi connectivity index (χ0v) is 17.0. The molecular weight excluding hydrogens is 364 g/mol. The Labute approximate surface area is 170 Å². The second kappa shape index (κ2) is 9.19. The molecule has 0 aliphatic carbocycles. The summed E-state index contributed by atoms with van der Waals surface area (Å²) in [5.74, 6) is 0.293. The van der Waals surface area contributed by atoms with Crippen LogP contribution in [0.4, 0.5) is 11.4 Å². The van der Waals surface area contributed by atoms with Crippen molar-refractivity contribution in [2.75, 3.05) is 23.8 Å². The van der Waals surface area contributed by atoms with E-state index in [1.54, 1.807) is 13.0 Å². The van der Waals surface area contributed by atoms with Gasteiger partial charge in [0.05, 0.1) is 0 Å². The predicted octanol–water partition coefficient (Wildman–Crippen LogP) is 4.23. The first-order chi connectivity index (χ1) is 14.0. The van der Waals surface area contributed by atoms with E-state index in [2.05, 4.69) is 34.2 Å². The quantitative estimate of drug-likeness (QED) is 0.633. The molecule has 0 bridgehead atoms. The predicted molar refractivity (Wildman–Crippen MR) is 118 cm³/mol. The molecule has 1 aromatic heterocycles. The topological polar surface area (TPSA) is 78.1 Å². The fraction of sp³-hybridized carbons (Fsp3) is 0.261. The van der Waals surface area contributed by atoms with Gasteiger partial charge in [-0.3, -0.25) is 9.59 Å². The Morgan fingerprint density at radius 1 is 1.14 bits per heavy atom. The number of unbranched alkanes of at least 4 members (excludes halogenated alkanes) is 1. The first-order valence-electron chi connectivity index (χ1n) is 9.77. The minimum atomic E-state index is -0.203. The van der Waals surface area contributed by atoms with Crippen LogP contribution in [0.3, 0.4) is 0 Å². The summed E-state index contributed by atoms with van der Waals surface area (Å²) in [6.45, 7) is 4.93. The number of amides is 1. The number of nitrogens with zero attached hydrogens (tertiary/aromatic N) is 2. The number of aryl methyl sites for hydroxylation is 1. The van der Waals surface area contributed by atoms with E-state index in [0.29, 0.717) is 22.8 Å². The fourth-order valence-electron chi connectivity index (χ4n) is 3.05. The first kappa shape index (κ1) is 20.3. The van der Waals surface area contributed by atoms with Crippen molar-refractivity contribution in [1.82, 2.24) is 9.97 Å². The van der Waals surface area contributed by atoms with Crippen LogP contribution in [0.1, 0.15) is 35.8 Å². The third-order valence-corrected chi connectivity index (χ3v) is 4.68. The summed E-state index contributed by atoms with van der Waals surface area (Å²) >= 11 is 0. The maximum absolute atomic E-state index is 12.6. The molecule has 6 nitrogen and oxygen atoms in total. The van der Waals surface area contributed by atoms with E-state index in [-0.39, 0.29) is 11.5 Å². The fourth-order valence-corrected chi connectivity index (χ4v) is 3.05. The molecule has 0 saturated carbocycles. The maximum atomic E-state index is 12.6. The van der Waals surface area contributed by atoms with E-state index < -0.39 is 0 Å². The van der Waals surface area contributed by atoms with E-state index in [4.69, 9.17) is 0 Å². The number of anilines is 2. The number of hydrogen-bond acceptors (Lipinski definition) is 4. The molecule has 2 aromatic carbocycles. The summed E-state index contributed by atoms with van der Waals surface area (Å²) in [7, 11) is 2.06. The van der Waals surface area contributed by atoms with Crippen molar-refractivity contribution in [2.45, 2.75) is 26.7 Å². The molecule has 0 radical (unpaired) electrons. The lowest BCUT2D eigenvalue weighted by Crippen LogP contribution is -2.18. The average molecular weight is 390 g/mol. The Morgan fingerprint density at radius 3 is 2.59 bits per heavy atom. The van der Waals surface area contributed by atoms with Gasteiger partial charge in [0.25, 0.3) is 11.5 Å². The molecule has 0 aliphatic heterocycles. The van der Waals surface area contributed by atoms with Crippen LogP contribution in [-0.4, -0.2) is 29.5 Å². The van der Waals surface area contributed by atoms with Gasteiger partial charge in [0, 0.05) is 47.9 Å². The van der Waals surface area contributed by atoms with Gasteiger partial charge >= 0.3 is 0 Å². The molecule has 150 valence electrons. The van der Waals surface area contributed by atoms with E-state index in [9.17, 15) is 9.59 Å². The maximum Gasteiger partial charge on any atom is 0.255 e. The molecule has 6 heteroatoms. The van der Waals surface area contributed by atoms with Crippen LogP contribution < -0.4 is 15.8 Å². The number of aromatic nitrogens is 2. The smallest absolute Gasteiger partial charge is 0.255 e. The van der Waals surface area contributed by atoms with E-state index in [1.165, 1.54) is 6.07 Å². The average Bonchev–Trinajstić information content (AvgIpc) is 2.71. The van der Waals surface area contributed by atoms with Gasteiger partial charge in [-0.25, -0.2) is 4.98 Å². The summed E-state index contributed by atoms with van der Waals surface area (Å²) in [5.41, 5.74) is 3.49. The molecule has 0 aliphatic rings. The summed E-state index contributed by atoms with van der Waals surface area (Å²) in [5, 5.41) is 2.91. The Morgan fingerprint density at radius 2 is 1.90 bits per heavy atom. The molecule has 29 heavy (non-hydrogen) atoms. The molecule has 0 unspecified atom stereocenters. The number of hydrogen-bond donors (Lipinski definition) is 2. The molecule has 3 aromatic rings. The van der Waals surface area contributed by atoms with Gasteiger partial charge in [0.15, 0.2) is 0 Å². The number of H-pyrrole nitrogens is 1. The Balaban J connectivity index is 1.73. The van der Waals surface area contributed by atoms with Crippen molar-refractivity contribution in [3.63, 3.8) is 0 Å². The van der Waals surface area contributed by atoms with Crippen molar-refractivity contribution in [1.29, 1.82) is 0 Å². The molecule has 1 heterocycles. The Hall–Kier alpha value is -3.41. The first-order valence-corrected chi connectivity index (χ1v) is 9.77. The highest BCUT2D eigenvalue weighted by atomic mass is 16.1. The third-order valence-electron chi connectivity index (χ3n) is 4.68. The number of carbonyl (C=O) groups is 1. The Bertz CT molecular complexity index is 1040. The zero-order chi connectivity index (χ0) is 20.8. The van der Waals surface area contributed by atoms with Crippen LogP contribution in [0.2, 0.25) is 0 Å². The van der Waals surface area contributed by atoms with Crippen molar-refractivity contribution >= 4 is 17.3 Å². The van der Waals surface area contributed by atoms with Crippen LogP contribution in [0, 0.1) is 6.92 Å². The second-order valence-corrected chi connectivity index (χ2v) is 7.09. The largest absolute Gasteiger partial charge is 0.375 e. The monoisotopic (exact) mass is 390 g/mol. The van der Waals surface area contributed by atoms with Gasteiger partial charge < -0.3 is 15.2 Å². The van der Waals surface area contributed by atoms with Gasteiger partial charge in [-0.1, -0.05) is 25.5 Å². The highest BCUT2D eigenvalue weighted by Gasteiger charge is 2.09. The second-order valence-electron chi connectivity index (χ2n) is 7.09. The normalized spacial score (nSPS) is 10.6. The van der Waals surface area contributed by atoms with Crippen LogP contribution in [0.15, 0.2) is 59.4 Å². The van der Waals surface area contributed by atoms with Crippen molar-refractivity contribution in [3.05, 3.63) is 76.2 Å². The molecule has 2 N–H and O–H groups in total. The van der Waals surface area contributed by atoms with Gasteiger partial charge in [-0.15, -0.1) is 0 Å². The van der Waals surface area contributed by atoms with E-state index in [1.807, 2.05) is 42.5 Å². The molecule has 0 fully saturated rings. The van der Waals surface area contributed by atoms with Crippen LogP contribution >= 0.6 is 0 Å². The molecule has 1 amide bonds. The molecule has 0 atom stereocenters. The summed E-state index contributed by atoms with van der Waals surface area (Å²) in [6, 6.07) is 16.3. The summed E-state index contributed by atoms with van der Waals surface area (Å²) in [4.78, 5) is 33.6. The standard InChI is InChI=1S/C23H26N4O2/c1-4-5-13-27(3)20-11-9-17(10-12-20)23(29)25-19-8-6-7-18(15-19)22-24-16(2)14-21(28)26-22/h6-12,14-15H,4-5,13H2,1-3H3,(H,25,29)(H,24,26,28). The lowest BCUT2D eigenvalue weighted by atomic mass is 10.1. The van der Waals surface area contributed by atoms with Gasteiger partial charge in [-0.05, 0) is 49.7 Å². The molecular formula is C23H26N4O2. The van der Waals surface area contributed by atoms with Gasteiger partial charge in [0.1, 0.15) is 5.82 Å². The summed E-state index contributed by atoms with van der Waals surface area (Å²) in [6.07, 6.45) is 2.28. The van der Waals surface area contributed by atoms with Crippen molar-refractivity contribution < 1.29 is 4.79 Å². The number of benzene rings is 2. The van der Waals surface area contributed by atoms with E-state index in [0.717, 1.165) is 30.6 Å². The van der Waals surface area contributed by atoms with Crippen LogP contribution in [0.5, 0.6) is 0 Å². The number of rotatable bonds is 7.